The van der Waals surface area contributed by atoms with Crippen molar-refractivity contribution < 1.29 is 4.79 Å². The van der Waals surface area contributed by atoms with Crippen LogP contribution in [0.3, 0.4) is 0 Å². The number of hydrogen-bond acceptors (Lipinski definition) is 1. The highest BCUT2D eigenvalue weighted by Gasteiger charge is 2.18. The summed E-state index contributed by atoms with van der Waals surface area (Å²) in [5, 5.41) is 3.08. The largest absolute Gasteiger partial charge is 0.322 e. The molecule has 2 aromatic rings. The zero-order chi connectivity index (χ0) is 16.8. The lowest BCUT2D eigenvalue weighted by molar-refractivity contribution is 0.193. The first-order valence-corrected chi connectivity index (χ1v) is 8.19. The van der Waals surface area contributed by atoms with Crippen LogP contribution in [-0.4, -0.2) is 17.0 Å². The molecule has 0 unspecified atom stereocenters. The van der Waals surface area contributed by atoms with E-state index < -0.39 is 0 Å². The molecule has 0 spiro atoms. The summed E-state index contributed by atoms with van der Waals surface area (Å²) >= 11 is 0. The molecule has 0 fully saturated rings. The molecule has 3 nitrogen and oxygen atoms in total. The molecule has 2 aromatic carbocycles. The Bertz CT molecular complexity index is 635. The Hall–Kier alpha value is -2.29. The van der Waals surface area contributed by atoms with Gasteiger partial charge in [-0.25, -0.2) is 4.79 Å². The van der Waals surface area contributed by atoms with Gasteiger partial charge < -0.3 is 10.2 Å². The maximum Gasteiger partial charge on any atom is 0.322 e. The predicted molar refractivity (Wildman–Crippen MR) is 96.7 cm³/mol. The second-order valence-corrected chi connectivity index (χ2v) is 6.38. The fourth-order valence-corrected chi connectivity index (χ4v) is 2.57. The van der Waals surface area contributed by atoms with Crippen LogP contribution in [-0.2, 0) is 6.54 Å². The third-order valence-corrected chi connectivity index (χ3v) is 3.90. The lowest BCUT2D eigenvalue weighted by Gasteiger charge is -2.28. The first kappa shape index (κ1) is 17.1. The zero-order valence-electron chi connectivity index (χ0n) is 14.4. The highest BCUT2D eigenvalue weighted by molar-refractivity contribution is 5.90. The molecule has 23 heavy (non-hydrogen) atoms. The Kier molecular flexibility index (Phi) is 5.80. The number of nitrogens with zero attached hydrogens (tertiary/aromatic N) is 1. The highest BCUT2D eigenvalue weighted by atomic mass is 16.2. The summed E-state index contributed by atoms with van der Waals surface area (Å²) in [4.78, 5) is 14.6. The maximum atomic E-state index is 12.7. The van der Waals surface area contributed by atoms with Crippen molar-refractivity contribution in [3.05, 3.63) is 65.7 Å². The molecule has 0 aromatic heterocycles. The van der Waals surface area contributed by atoms with Crippen LogP contribution in [0.15, 0.2) is 54.6 Å². The van der Waals surface area contributed by atoms with Gasteiger partial charge in [0.2, 0.25) is 0 Å². The van der Waals surface area contributed by atoms with E-state index in [0.29, 0.717) is 12.5 Å². The smallest absolute Gasteiger partial charge is 0.318 e. The van der Waals surface area contributed by atoms with Crippen molar-refractivity contribution in [2.24, 2.45) is 0 Å². The lowest BCUT2D eigenvalue weighted by Crippen LogP contribution is -2.39. The minimum absolute atomic E-state index is 0.0584. The van der Waals surface area contributed by atoms with Crippen LogP contribution in [0.2, 0.25) is 0 Å². The minimum atomic E-state index is -0.0584. The summed E-state index contributed by atoms with van der Waals surface area (Å²) in [6, 6.07) is 18.1. The lowest BCUT2D eigenvalue weighted by atomic mass is 10.0. The molecular formula is C20H26N2O. The molecule has 0 radical (unpaired) electrons. The monoisotopic (exact) mass is 310 g/mol. The van der Waals surface area contributed by atoms with Gasteiger partial charge in [-0.15, -0.1) is 0 Å². The van der Waals surface area contributed by atoms with Gasteiger partial charge in [-0.3, -0.25) is 0 Å². The number of carbonyl (C=O) groups excluding carboxylic acids is 1. The number of rotatable bonds is 5. The van der Waals surface area contributed by atoms with E-state index in [0.717, 1.165) is 16.8 Å². The first-order valence-electron chi connectivity index (χ1n) is 8.19. The van der Waals surface area contributed by atoms with Crippen LogP contribution in [0.25, 0.3) is 0 Å². The van der Waals surface area contributed by atoms with E-state index in [-0.39, 0.29) is 12.1 Å². The van der Waals surface area contributed by atoms with Crippen molar-refractivity contribution >= 4 is 11.7 Å². The molecule has 0 atom stereocenters. The second-order valence-electron chi connectivity index (χ2n) is 6.38. The predicted octanol–water partition coefficient (Wildman–Crippen LogP) is 5.25. The number of urea groups is 1. The molecule has 2 rings (SSSR count). The van der Waals surface area contributed by atoms with Crippen LogP contribution < -0.4 is 5.32 Å². The number of hydrogen-bond donors (Lipinski definition) is 1. The molecule has 0 aliphatic rings. The third kappa shape index (κ3) is 4.59. The molecule has 1 N–H and O–H groups in total. The van der Waals surface area contributed by atoms with Crippen LogP contribution in [0, 0.1) is 0 Å². The minimum Gasteiger partial charge on any atom is -0.318 e. The summed E-state index contributed by atoms with van der Waals surface area (Å²) in [6.07, 6.45) is 0. The van der Waals surface area contributed by atoms with Crippen LogP contribution in [0.4, 0.5) is 10.5 Å². The van der Waals surface area contributed by atoms with E-state index in [4.69, 9.17) is 0 Å². The van der Waals surface area contributed by atoms with Crippen molar-refractivity contribution in [3.63, 3.8) is 0 Å². The number of carbonyl (C=O) groups is 1. The van der Waals surface area contributed by atoms with Crippen molar-refractivity contribution in [2.45, 2.75) is 46.2 Å². The molecule has 0 saturated carbocycles. The van der Waals surface area contributed by atoms with Crippen molar-refractivity contribution in [1.29, 1.82) is 0 Å². The van der Waals surface area contributed by atoms with Crippen LogP contribution in [0.5, 0.6) is 0 Å². The maximum absolute atomic E-state index is 12.7. The molecule has 2 amide bonds. The van der Waals surface area contributed by atoms with E-state index in [2.05, 4.69) is 25.2 Å². The molecule has 0 bridgehead atoms. The summed E-state index contributed by atoms with van der Waals surface area (Å²) in [5.41, 5.74) is 3.18. The van der Waals surface area contributed by atoms with E-state index in [1.54, 1.807) is 0 Å². The quantitative estimate of drug-likeness (QED) is 0.803. The number of nitrogens with one attached hydrogen (secondary N) is 1. The topological polar surface area (TPSA) is 32.3 Å². The highest BCUT2D eigenvalue weighted by Crippen LogP contribution is 2.24. The average molecular weight is 310 g/mol. The van der Waals surface area contributed by atoms with Gasteiger partial charge in [0, 0.05) is 18.3 Å². The van der Waals surface area contributed by atoms with Gasteiger partial charge >= 0.3 is 6.03 Å². The summed E-state index contributed by atoms with van der Waals surface area (Å²) in [7, 11) is 0. The molecule has 0 aliphatic heterocycles. The van der Waals surface area contributed by atoms with Gasteiger partial charge in [-0.05, 0) is 37.0 Å². The van der Waals surface area contributed by atoms with Gasteiger partial charge in [0.25, 0.3) is 0 Å². The SMILES string of the molecule is CC(C)c1ccccc1NC(=O)N(Cc1ccccc1)C(C)C. The Morgan fingerprint density at radius 2 is 1.57 bits per heavy atom. The van der Waals surface area contributed by atoms with E-state index >= 15 is 0 Å². The van der Waals surface area contributed by atoms with Crippen molar-refractivity contribution in [3.8, 4) is 0 Å². The van der Waals surface area contributed by atoms with Crippen molar-refractivity contribution in [2.75, 3.05) is 5.32 Å². The Balaban J connectivity index is 2.16. The molecule has 0 saturated heterocycles. The molecular weight excluding hydrogens is 284 g/mol. The summed E-state index contributed by atoms with van der Waals surface area (Å²) in [6.45, 7) is 8.95. The first-order chi connectivity index (χ1) is 11.0. The fraction of sp³-hybridized carbons (Fsp3) is 0.350. The standard InChI is InChI=1S/C20H26N2O/c1-15(2)18-12-8-9-13-19(18)21-20(23)22(16(3)4)14-17-10-6-5-7-11-17/h5-13,15-16H,14H2,1-4H3,(H,21,23). The Morgan fingerprint density at radius 1 is 0.957 bits per heavy atom. The molecule has 3 heteroatoms. The normalized spacial score (nSPS) is 10.9. The number of benzene rings is 2. The third-order valence-electron chi connectivity index (χ3n) is 3.90. The summed E-state index contributed by atoms with van der Waals surface area (Å²) in [5.74, 6) is 0.369. The fourth-order valence-electron chi connectivity index (χ4n) is 2.57. The molecule has 0 aliphatic carbocycles. The Morgan fingerprint density at radius 3 is 2.17 bits per heavy atom. The van der Waals surface area contributed by atoms with Crippen molar-refractivity contribution in [1.82, 2.24) is 4.90 Å². The van der Waals surface area contributed by atoms with E-state index in [1.165, 1.54) is 0 Å². The van der Waals surface area contributed by atoms with Gasteiger partial charge in [0.1, 0.15) is 0 Å². The molecule has 0 heterocycles. The molecule has 122 valence electrons. The van der Waals surface area contributed by atoms with Crippen LogP contribution in [0.1, 0.15) is 44.7 Å². The zero-order valence-corrected chi connectivity index (χ0v) is 14.4. The van der Waals surface area contributed by atoms with E-state index in [1.807, 2.05) is 67.3 Å². The Labute approximate surface area is 139 Å². The summed E-state index contributed by atoms with van der Waals surface area (Å²) < 4.78 is 0. The second kappa shape index (κ2) is 7.82. The average Bonchev–Trinajstić information content (AvgIpc) is 2.53. The number of anilines is 1. The van der Waals surface area contributed by atoms with Gasteiger partial charge in [-0.1, -0.05) is 62.4 Å². The van der Waals surface area contributed by atoms with E-state index in [9.17, 15) is 4.79 Å². The van der Waals surface area contributed by atoms with Gasteiger partial charge in [-0.2, -0.15) is 0 Å². The van der Waals surface area contributed by atoms with Gasteiger partial charge in [0.15, 0.2) is 0 Å². The number of para-hydroxylation sites is 1. The number of amides is 2. The van der Waals surface area contributed by atoms with Crippen LogP contribution >= 0.6 is 0 Å². The van der Waals surface area contributed by atoms with Gasteiger partial charge in [0.05, 0.1) is 0 Å².